The van der Waals surface area contributed by atoms with Gasteiger partial charge in [0, 0.05) is 12.8 Å². The highest BCUT2D eigenvalue weighted by molar-refractivity contribution is 5.83. The normalized spacial score (nSPS) is 13.8. The highest BCUT2D eigenvalue weighted by atomic mass is 16.4. The molecule has 0 saturated heterocycles. The van der Waals surface area contributed by atoms with Crippen LogP contribution in [0.25, 0.3) is 0 Å². The van der Waals surface area contributed by atoms with Gasteiger partial charge in [-0.2, -0.15) is 0 Å². The second-order valence-electron chi connectivity index (χ2n) is 4.67. The first kappa shape index (κ1) is 14.2. The molecule has 0 bridgehead atoms. The number of amides is 1. The van der Waals surface area contributed by atoms with Gasteiger partial charge in [0.05, 0.1) is 0 Å². The minimum atomic E-state index is -1.02. The molecule has 1 amide bonds. The highest BCUT2D eigenvalue weighted by Crippen LogP contribution is 2.24. The monoisotopic (exact) mass is 249 g/mol. The molecule has 0 heterocycles. The molecule has 2 N–H and O–H groups in total. The van der Waals surface area contributed by atoms with E-state index in [0.29, 0.717) is 0 Å². The number of carboxylic acid groups (broad SMARTS) is 1. The number of rotatable bonds is 4. The van der Waals surface area contributed by atoms with Gasteiger partial charge in [0.2, 0.25) is 5.91 Å². The summed E-state index contributed by atoms with van der Waals surface area (Å²) in [6.45, 7) is 7.05. The van der Waals surface area contributed by atoms with Gasteiger partial charge in [-0.05, 0) is 25.0 Å². The molecule has 0 saturated carbocycles. The van der Waals surface area contributed by atoms with Crippen molar-refractivity contribution in [2.24, 2.45) is 0 Å². The molecule has 4 heteroatoms. The Balaban J connectivity index is 3.08. The van der Waals surface area contributed by atoms with Crippen molar-refractivity contribution in [2.45, 2.75) is 39.7 Å². The molecule has 4 nitrogen and oxygen atoms in total. The minimum Gasteiger partial charge on any atom is -0.480 e. The Kier molecular flexibility index (Phi) is 4.48. The van der Waals surface area contributed by atoms with Crippen LogP contribution in [-0.4, -0.2) is 23.0 Å². The van der Waals surface area contributed by atoms with Crippen LogP contribution in [0.4, 0.5) is 0 Å². The lowest BCUT2D eigenvalue weighted by atomic mass is 9.89. The zero-order valence-electron chi connectivity index (χ0n) is 11.2. The van der Waals surface area contributed by atoms with Gasteiger partial charge in [0.25, 0.3) is 0 Å². The summed E-state index contributed by atoms with van der Waals surface area (Å²) in [5.41, 5.74) is 3.07. The van der Waals surface area contributed by atoms with Crippen molar-refractivity contribution in [1.29, 1.82) is 0 Å². The second-order valence-corrected chi connectivity index (χ2v) is 4.67. The van der Waals surface area contributed by atoms with Gasteiger partial charge in [-0.1, -0.05) is 30.7 Å². The van der Waals surface area contributed by atoms with Crippen molar-refractivity contribution in [3.8, 4) is 0 Å². The average Bonchev–Trinajstić information content (AvgIpc) is 2.27. The van der Waals surface area contributed by atoms with Gasteiger partial charge >= 0.3 is 5.97 Å². The molecule has 98 valence electrons. The van der Waals surface area contributed by atoms with Gasteiger partial charge < -0.3 is 10.4 Å². The fourth-order valence-corrected chi connectivity index (χ4v) is 2.05. The molecule has 0 fully saturated rings. The number of hydrogen-bond acceptors (Lipinski definition) is 2. The van der Waals surface area contributed by atoms with Crippen molar-refractivity contribution >= 4 is 11.9 Å². The molecule has 0 radical (unpaired) electrons. The molecule has 0 aliphatic heterocycles. The summed E-state index contributed by atoms with van der Waals surface area (Å²) in [5.74, 6) is -1.62. The molecule has 2 atom stereocenters. The summed E-state index contributed by atoms with van der Waals surface area (Å²) < 4.78 is 0. The van der Waals surface area contributed by atoms with E-state index in [1.165, 1.54) is 6.92 Å². The third-order valence-electron chi connectivity index (χ3n) is 3.05. The summed E-state index contributed by atoms with van der Waals surface area (Å²) in [6.07, 6.45) is 0. The predicted molar refractivity (Wildman–Crippen MR) is 69.6 cm³/mol. The van der Waals surface area contributed by atoms with Crippen LogP contribution in [0.5, 0.6) is 0 Å². The largest absolute Gasteiger partial charge is 0.480 e. The van der Waals surface area contributed by atoms with Crippen LogP contribution in [0.2, 0.25) is 0 Å². The number of aryl methyl sites for hydroxylation is 2. The molecular weight excluding hydrogens is 230 g/mol. The Morgan fingerprint density at radius 2 is 1.89 bits per heavy atom. The van der Waals surface area contributed by atoms with E-state index in [9.17, 15) is 14.7 Å². The summed E-state index contributed by atoms with van der Waals surface area (Å²) >= 11 is 0. The van der Waals surface area contributed by atoms with Crippen LogP contribution in [-0.2, 0) is 9.59 Å². The smallest absolute Gasteiger partial charge is 0.326 e. The zero-order chi connectivity index (χ0) is 13.9. The third-order valence-corrected chi connectivity index (χ3v) is 3.05. The zero-order valence-corrected chi connectivity index (χ0v) is 11.2. The van der Waals surface area contributed by atoms with Crippen molar-refractivity contribution in [3.63, 3.8) is 0 Å². The van der Waals surface area contributed by atoms with E-state index >= 15 is 0 Å². The number of carbonyl (C=O) groups is 2. The maximum atomic E-state index is 11.2. The number of carboxylic acids is 1. The number of nitrogens with one attached hydrogen (secondary N) is 1. The molecule has 0 spiro atoms. The molecule has 0 aromatic heterocycles. The maximum absolute atomic E-state index is 11.2. The van der Waals surface area contributed by atoms with Crippen molar-refractivity contribution in [2.75, 3.05) is 0 Å². The van der Waals surface area contributed by atoms with E-state index in [1.54, 1.807) is 0 Å². The number of aliphatic carboxylic acids is 1. The first-order valence-electron chi connectivity index (χ1n) is 5.90. The first-order chi connectivity index (χ1) is 8.32. The van der Waals surface area contributed by atoms with Crippen LogP contribution in [0, 0.1) is 13.8 Å². The number of carbonyl (C=O) groups excluding carboxylic acids is 1. The lowest BCUT2D eigenvalue weighted by Gasteiger charge is -2.23. The lowest BCUT2D eigenvalue weighted by Crippen LogP contribution is -2.43. The predicted octanol–water partition coefficient (Wildman–Crippen LogP) is 2.00. The van der Waals surface area contributed by atoms with E-state index in [0.717, 1.165) is 16.7 Å². The first-order valence-corrected chi connectivity index (χ1v) is 5.90. The minimum absolute atomic E-state index is 0.272. The molecule has 0 aliphatic carbocycles. The van der Waals surface area contributed by atoms with E-state index < -0.39 is 12.0 Å². The van der Waals surface area contributed by atoms with Gasteiger partial charge in [-0.3, -0.25) is 4.79 Å². The van der Waals surface area contributed by atoms with Crippen molar-refractivity contribution < 1.29 is 14.7 Å². The Hall–Kier alpha value is -1.84. The molecule has 1 aromatic rings. The van der Waals surface area contributed by atoms with Gasteiger partial charge in [-0.15, -0.1) is 0 Å². The standard InChI is InChI=1S/C14H19NO3/c1-8-5-6-9(2)12(7-8)10(3)13(14(17)18)15-11(4)16/h5-7,10,13H,1-4H3,(H,15,16)(H,17,18)/t10-,13+/m0/s1. The Bertz CT molecular complexity index is 468. The molecule has 1 rings (SSSR count). The maximum Gasteiger partial charge on any atom is 0.326 e. The Labute approximate surface area is 107 Å². The molecule has 0 aliphatic rings. The Morgan fingerprint density at radius 3 is 2.39 bits per heavy atom. The topological polar surface area (TPSA) is 66.4 Å². The molecule has 0 unspecified atom stereocenters. The van der Waals surface area contributed by atoms with Crippen LogP contribution in [0.3, 0.4) is 0 Å². The van der Waals surface area contributed by atoms with Gasteiger partial charge in [0.1, 0.15) is 6.04 Å². The molecule has 1 aromatic carbocycles. The third kappa shape index (κ3) is 3.32. The van der Waals surface area contributed by atoms with Crippen LogP contribution < -0.4 is 5.32 Å². The lowest BCUT2D eigenvalue weighted by molar-refractivity contribution is -0.142. The summed E-state index contributed by atoms with van der Waals surface area (Å²) in [4.78, 5) is 22.3. The number of hydrogen-bond donors (Lipinski definition) is 2. The van der Waals surface area contributed by atoms with E-state index in [2.05, 4.69) is 5.32 Å². The second kappa shape index (κ2) is 5.67. The fraction of sp³-hybridized carbons (Fsp3) is 0.429. The SMILES string of the molecule is CC(=O)N[C@@H](C(=O)O)[C@@H](C)c1cc(C)ccc1C. The quantitative estimate of drug-likeness (QED) is 0.857. The summed E-state index contributed by atoms with van der Waals surface area (Å²) in [6, 6.07) is 5.02. The average molecular weight is 249 g/mol. The van der Waals surface area contributed by atoms with Crippen molar-refractivity contribution in [3.05, 3.63) is 34.9 Å². The summed E-state index contributed by atoms with van der Waals surface area (Å²) in [5, 5.41) is 11.7. The van der Waals surface area contributed by atoms with E-state index in [-0.39, 0.29) is 11.8 Å². The van der Waals surface area contributed by atoms with Crippen LogP contribution >= 0.6 is 0 Å². The van der Waals surface area contributed by atoms with Crippen LogP contribution in [0.1, 0.15) is 36.5 Å². The highest BCUT2D eigenvalue weighted by Gasteiger charge is 2.27. The Morgan fingerprint density at radius 1 is 1.28 bits per heavy atom. The number of benzene rings is 1. The van der Waals surface area contributed by atoms with Crippen molar-refractivity contribution in [1.82, 2.24) is 5.32 Å². The fourth-order valence-electron chi connectivity index (χ4n) is 2.05. The van der Waals surface area contributed by atoms with E-state index in [1.807, 2.05) is 39.0 Å². The van der Waals surface area contributed by atoms with E-state index in [4.69, 9.17) is 0 Å². The molecular formula is C14H19NO3. The van der Waals surface area contributed by atoms with Crippen LogP contribution in [0.15, 0.2) is 18.2 Å². The summed E-state index contributed by atoms with van der Waals surface area (Å²) in [7, 11) is 0. The van der Waals surface area contributed by atoms with Gasteiger partial charge in [-0.25, -0.2) is 4.79 Å². The molecule has 18 heavy (non-hydrogen) atoms. The van der Waals surface area contributed by atoms with Gasteiger partial charge in [0.15, 0.2) is 0 Å².